The van der Waals surface area contributed by atoms with E-state index < -0.39 is 0 Å². The number of carbonyl (C=O) groups excluding carboxylic acids is 2. The fourth-order valence-electron chi connectivity index (χ4n) is 4.19. The van der Waals surface area contributed by atoms with Crippen LogP contribution in [-0.2, 0) is 11.2 Å². The Kier molecular flexibility index (Phi) is 6.84. The zero-order chi connectivity index (χ0) is 18.4. The summed E-state index contributed by atoms with van der Waals surface area (Å²) in [5.74, 6) is 0.226. The number of carbonyl (C=O) groups is 2. The number of Topliss-reactive ketones (excluding diaryl/α,β-unsaturated/α-hetero) is 1. The molecule has 142 valence electrons. The van der Waals surface area contributed by atoms with Gasteiger partial charge < -0.3 is 4.90 Å². The molecule has 2 fully saturated rings. The third kappa shape index (κ3) is 4.94. The van der Waals surface area contributed by atoms with Crippen LogP contribution in [0.2, 0.25) is 0 Å². The Morgan fingerprint density at radius 2 is 1.81 bits per heavy atom. The molecule has 4 nitrogen and oxygen atoms in total. The molecule has 3 rings (SSSR count). The summed E-state index contributed by atoms with van der Waals surface area (Å²) < 4.78 is 0. The Bertz CT molecular complexity index is 611. The number of unbranched alkanes of at least 4 members (excludes halogenated alkanes) is 1. The number of rotatable bonds is 7. The molecule has 2 aliphatic rings. The lowest BCUT2D eigenvalue weighted by Gasteiger charge is -2.25. The van der Waals surface area contributed by atoms with Crippen molar-refractivity contribution < 1.29 is 9.59 Å². The third-order valence-corrected chi connectivity index (χ3v) is 5.82. The first-order valence-corrected chi connectivity index (χ1v) is 10.3. The van der Waals surface area contributed by atoms with Crippen molar-refractivity contribution in [3.05, 3.63) is 35.4 Å². The maximum atomic E-state index is 12.6. The van der Waals surface area contributed by atoms with E-state index in [4.69, 9.17) is 0 Å². The van der Waals surface area contributed by atoms with Gasteiger partial charge in [0.2, 0.25) is 5.91 Å². The van der Waals surface area contributed by atoms with Crippen molar-refractivity contribution in [1.29, 1.82) is 0 Å². The van der Waals surface area contributed by atoms with Gasteiger partial charge in [-0.05, 0) is 44.2 Å². The smallest absolute Gasteiger partial charge is 0.223 e. The van der Waals surface area contributed by atoms with Gasteiger partial charge >= 0.3 is 0 Å². The molecular formula is C22H32N2O2. The van der Waals surface area contributed by atoms with Crippen molar-refractivity contribution in [3.8, 4) is 0 Å². The highest BCUT2D eigenvalue weighted by Crippen LogP contribution is 2.22. The van der Waals surface area contributed by atoms with Gasteiger partial charge in [-0.25, -0.2) is 0 Å². The summed E-state index contributed by atoms with van der Waals surface area (Å²) in [5.41, 5.74) is 2.01. The number of aryl methyl sites for hydroxylation is 1. The SMILES string of the molecule is CCCCc1ccc(C(=O)CCC(=O)N2CCCN3CCC[C@@H]3C2)cc1. The topological polar surface area (TPSA) is 40.6 Å². The van der Waals surface area contributed by atoms with Crippen molar-refractivity contribution in [2.24, 2.45) is 0 Å². The van der Waals surface area contributed by atoms with Crippen LogP contribution in [0.1, 0.15) is 67.8 Å². The van der Waals surface area contributed by atoms with Gasteiger partial charge in [0.1, 0.15) is 0 Å². The fraction of sp³-hybridized carbons (Fsp3) is 0.636. The number of ketones is 1. The number of fused-ring (bicyclic) bond motifs is 1. The lowest BCUT2D eigenvalue weighted by molar-refractivity contribution is -0.131. The molecule has 0 radical (unpaired) electrons. The predicted octanol–water partition coefficient (Wildman–Crippen LogP) is 3.69. The second kappa shape index (κ2) is 9.31. The Labute approximate surface area is 157 Å². The number of nitrogens with zero attached hydrogens (tertiary/aromatic N) is 2. The van der Waals surface area contributed by atoms with Crippen LogP contribution in [0.25, 0.3) is 0 Å². The van der Waals surface area contributed by atoms with Gasteiger partial charge in [0.25, 0.3) is 0 Å². The highest BCUT2D eigenvalue weighted by atomic mass is 16.2. The van der Waals surface area contributed by atoms with Crippen molar-refractivity contribution >= 4 is 11.7 Å². The van der Waals surface area contributed by atoms with Gasteiger partial charge in [-0.1, -0.05) is 37.6 Å². The molecule has 4 heteroatoms. The van der Waals surface area contributed by atoms with Gasteiger partial charge in [-0.3, -0.25) is 14.5 Å². The lowest BCUT2D eigenvalue weighted by Crippen LogP contribution is -2.39. The number of hydrogen-bond donors (Lipinski definition) is 0. The van der Waals surface area contributed by atoms with E-state index in [9.17, 15) is 9.59 Å². The van der Waals surface area contributed by atoms with Crippen molar-refractivity contribution in [1.82, 2.24) is 9.80 Å². The highest BCUT2D eigenvalue weighted by Gasteiger charge is 2.30. The molecule has 1 aromatic carbocycles. The first kappa shape index (κ1) is 19.1. The minimum atomic E-state index is 0.0812. The monoisotopic (exact) mass is 356 g/mol. The molecule has 2 saturated heterocycles. The summed E-state index contributed by atoms with van der Waals surface area (Å²) in [4.78, 5) is 29.6. The van der Waals surface area contributed by atoms with Crippen LogP contribution in [0, 0.1) is 0 Å². The summed E-state index contributed by atoms with van der Waals surface area (Å²) in [7, 11) is 0. The van der Waals surface area contributed by atoms with Crippen LogP contribution in [0.3, 0.4) is 0 Å². The second-order valence-electron chi connectivity index (χ2n) is 7.75. The summed E-state index contributed by atoms with van der Waals surface area (Å²) in [6, 6.07) is 8.47. The molecule has 1 atom stereocenters. The summed E-state index contributed by atoms with van der Waals surface area (Å²) in [5, 5.41) is 0. The molecule has 26 heavy (non-hydrogen) atoms. The third-order valence-electron chi connectivity index (χ3n) is 5.82. The Hall–Kier alpha value is -1.68. The molecule has 0 unspecified atom stereocenters. The van der Waals surface area contributed by atoms with Gasteiger partial charge in [0, 0.05) is 44.1 Å². The Morgan fingerprint density at radius 3 is 2.58 bits per heavy atom. The average molecular weight is 357 g/mol. The minimum absolute atomic E-state index is 0.0812. The molecule has 0 aromatic heterocycles. The molecule has 1 aromatic rings. The van der Waals surface area contributed by atoms with Crippen molar-refractivity contribution in [2.75, 3.05) is 26.2 Å². The fourth-order valence-corrected chi connectivity index (χ4v) is 4.19. The second-order valence-corrected chi connectivity index (χ2v) is 7.75. The normalized spacial score (nSPS) is 20.7. The van der Waals surface area contributed by atoms with E-state index in [0.717, 1.165) is 38.0 Å². The Balaban J connectivity index is 1.48. The molecule has 1 amide bonds. The maximum absolute atomic E-state index is 12.6. The van der Waals surface area contributed by atoms with Crippen LogP contribution in [-0.4, -0.2) is 53.7 Å². The average Bonchev–Trinajstić information content (AvgIpc) is 3.01. The molecular weight excluding hydrogens is 324 g/mol. The van der Waals surface area contributed by atoms with Gasteiger partial charge in [-0.15, -0.1) is 0 Å². The first-order valence-electron chi connectivity index (χ1n) is 10.3. The van der Waals surface area contributed by atoms with E-state index in [1.54, 1.807) is 0 Å². The number of amides is 1. The van der Waals surface area contributed by atoms with E-state index in [-0.39, 0.29) is 11.7 Å². The zero-order valence-corrected chi connectivity index (χ0v) is 16.1. The summed E-state index contributed by atoms with van der Waals surface area (Å²) >= 11 is 0. The van der Waals surface area contributed by atoms with E-state index in [2.05, 4.69) is 11.8 Å². The van der Waals surface area contributed by atoms with Crippen LogP contribution in [0.4, 0.5) is 0 Å². The quantitative estimate of drug-likeness (QED) is 0.700. The van der Waals surface area contributed by atoms with Crippen LogP contribution < -0.4 is 0 Å². The summed E-state index contributed by atoms with van der Waals surface area (Å²) in [6.07, 6.45) is 7.58. The molecule has 0 aliphatic carbocycles. The van der Waals surface area contributed by atoms with Gasteiger partial charge in [0.15, 0.2) is 5.78 Å². The molecule has 0 saturated carbocycles. The largest absolute Gasteiger partial charge is 0.341 e. The van der Waals surface area contributed by atoms with Gasteiger partial charge in [-0.2, -0.15) is 0 Å². The number of hydrogen-bond acceptors (Lipinski definition) is 3. The molecule has 0 bridgehead atoms. The van der Waals surface area contributed by atoms with E-state index in [0.29, 0.717) is 18.9 Å². The first-order chi connectivity index (χ1) is 12.7. The maximum Gasteiger partial charge on any atom is 0.223 e. The molecule has 2 heterocycles. The van der Waals surface area contributed by atoms with E-state index in [1.165, 1.54) is 37.8 Å². The zero-order valence-electron chi connectivity index (χ0n) is 16.1. The minimum Gasteiger partial charge on any atom is -0.341 e. The Morgan fingerprint density at radius 1 is 1.04 bits per heavy atom. The van der Waals surface area contributed by atoms with Crippen molar-refractivity contribution in [3.63, 3.8) is 0 Å². The van der Waals surface area contributed by atoms with Crippen LogP contribution in [0.15, 0.2) is 24.3 Å². The standard InChI is InChI=1S/C22H32N2O2/c1-2-3-6-18-8-10-19(11-9-18)21(25)12-13-22(26)24-16-5-15-23-14-4-7-20(23)17-24/h8-11,20H,2-7,12-17H2,1H3/t20-/m1/s1. The van der Waals surface area contributed by atoms with E-state index in [1.807, 2.05) is 29.2 Å². The van der Waals surface area contributed by atoms with Crippen LogP contribution >= 0.6 is 0 Å². The van der Waals surface area contributed by atoms with Crippen molar-refractivity contribution in [2.45, 2.75) is 64.3 Å². The molecule has 2 aliphatic heterocycles. The number of benzene rings is 1. The molecule has 0 spiro atoms. The summed E-state index contributed by atoms with van der Waals surface area (Å²) in [6.45, 7) is 6.16. The van der Waals surface area contributed by atoms with Gasteiger partial charge in [0.05, 0.1) is 0 Å². The predicted molar refractivity (Wildman–Crippen MR) is 104 cm³/mol. The van der Waals surface area contributed by atoms with Crippen LogP contribution in [0.5, 0.6) is 0 Å². The van der Waals surface area contributed by atoms with E-state index >= 15 is 0 Å². The highest BCUT2D eigenvalue weighted by molar-refractivity contribution is 5.98. The molecule has 0 N–H and O–H groups in total. The lowest BCUT2D eigenvalue weighted by atomic mass is 10.0.